The second kappa shape index (κ2) is 7.25. The fourth-order valence-electron chi connectivity index (χ4n) is 2.75. The Hall–Kier alpha value is -3.12. The lowest BCUT2D eigenvalue weighted by Crippen LogP contribution is -2.07. The Balaban J connectivity index is 1.63. The van der Waals surface area contributed by atoms with E-state index in [1.807, 2.05) is 31.3 Å². The number of fused-ring (bicyclic) bond motifs is 1. The van der Waals surface area contributed by atoms with Gasteiger partial charge in [-0.25, -0.2) is 0 Å². The number of hydrogen-bond acceptors (Lipinski definition) is 5. The minimum Gasteiger partial charge on any atom is -0.350 e. The maximum absolute atomic E-state index is 5.97. The van der Waals surface area contributed by atoms with Crippen molar-refractivity contribution in [3.05, 3.63) is 70.9 Å². The first-order valence-electron chi connectivity index (χ1n) is 8.60. The van der Waals surface area contributed by atoms with Gasteiger partial charge in [0.1, 0.15) is 5.82 Å². The Kier molecular flexibility index (Phi) is 4.64. The molecule has 0 unspecified atom stereocenters. The molecular weight excluding hydrogens is 360 g/mol. The first kappa shape index (κ1) is 17.3. The third-order valence-corrected chi connectivity index (χ3v) is 4.52. The Morgan fingerprint density at radius 2 is 1.74 bits per heavy atom. The minimum absolute atomic E-state index is 0.545. The predicted molar refractivity (Wildman–Crippen MR) is 110 cm³/mol. The van der Waals surface area contributed by atoms with Crippen LogP contribution in [0, 0.1) is 6.92 Å². The molecule has 0 saturated carbocycles. The number of nitrogens with zero attached hydrogens (tertiary/aromatic N) is 4. The number of halogens is 1. The Labute approximate surface area is 162 Å². The molecule has 0 spiro atoms. The molecule has 2 aromatic heterocycles. The molecule has 0 bridgehead atoms. The molecule has 0 amide bonds. The molecule has 0 aliphatic heterocycles. The van der Waals surface area contributed by atoms with E-state index in [1.54, 1.807) is 10.9 Å². The van der Waals surface area contributed by atoms with Crippen molar-refractivity contribution >= 4 is 40.1 Å². The van der Waals surface area contributed by atoms with Crippen LogP contribution < -0.4 is 10.6 Å². The van der Waals surface area contributed by atoms with Crippen LogP contribution in [0.15, 0.2) is 54.7 Å². The molecule has 2 N–H and O–H groups in total. The molecule has 27 heavy (non-hydrogen) atoms. The summed E-state index contributed by atoms with van der Waals surface area (Å²) in [5.41, 5.74) is 4.06. The van der Waals surface area contributed by atoms with Gasteiger partial charge in [-0.1, -0.05) is 41.4 Å². The van der Waals surface area contributed by atoms with Gasteiger partial charge in [0.15, 0.2) is 5.65 Å². The highest BCUT2D eigenvalue weighted by molar-refractivity contribution is 6.30. The Morgan fingerprint density at radius 3 is 2.48 bits per heavy atom. The highest BCUT2D eigenvalue weighted by atomic mass is 35.5. The molecule has 0 fully saturated rings. The van der Waals surface area contributed by atoms with Crippen molar-refractivity contribution in [2.45, 2.75) is 13.5 Å². The van der Waals surface area contributed by atoms with E-state index in [0.717, 1.165) is 16.7 Å². The normalized spacial score (nSPS) is 10.9. The third-order valence-electron chi connectivity index (χ3n) is 4.27. The van der Waals surface area contributed by atoms with Crippen molar-refractivity contribution < 1.29 is 0 Å². The van der Waals surface area contributed by atoms with E-state index in [4.69, 9.17) is 11.6 Å². The van der Waals surface area contributed by atoms with Crippen molar-refractivity contribution in [1.82, 2.24) is 19.7 Å². The summed E-state index contributed by atoms with van der Waals surface area (Å²) < 4.78 is 1.74. The number of nitrogens with one attached hydrogen (secondary N) is 2. The Bertz CT molecular complexity index is 1070. The largest absolute Gasteiger partial charge is 0.350 e. The van der Waals surface area contributed by atoms with Crippen LogP contribution >= 0.6 is 11.6 Å². The zero-order chi connectivity index (χ0) is 18.8. The number of hydrogen-bond donors (Lipinski definition) is 2. The molecule has 0 aliphatic rings. The van der Waals surface area contributed by atoms with Crippen LogP contribution in [-0.2, 0) is 13.6 Å². The smallest absolute Gasteiger partial charge is 0.227 e. The fraction of sp³-hybridized carbons (Fsp3) is 0.150. The summed E-state index contributed by atoms with van der Waals surface area (Å²) in [4.78, 5) is 9.25. The number of aryl methyl sites for hydroxylation is 2. The number of aromatic nitrogens is 4. The molecule has 7 heteroatoms. The van der Waals surface area contributed by atoms with Gasteiger partial charge < -0.3 is 10.6 Å². The van der Waals surface area contributed by atoms with Crippen molar-refractivity contribution in [3.63, 3.8) is 0 Å². The van der Waals surface area contributed by atoms with Gasteiger partial charge in [0, 0.05) is 24.3 Å². The first-order chi connectivity index (χ1) is 13.1. The summed E-state index contributed by atoms with van der Waals surface area (Å²) in [6, 6.07) is 15.9. The molecular formula is C20H19ClN6. The molecule has 0 aliphatic carbocycles. The van der Waals surface area contributed by atoms with Crippen LogP contribution in [0.3, 0.4) is 0 Å². The van der Waals surface area contributed by atoms with Crippen LogP contribution in [0.25, 0.3) is 11.0 Å². The monoisotopic (exact) mass is 378 g/mol. The average molecular weight is 379 g/mol. The van der Waals surface area contributed by atoms with E-state index in [9.17, 15) is 0 Å². The van der Waals surface area contributed by atoms with Gasteiger partial charge in [0.05, 0.1) is 11.6 Å². The number of rotatable bonds is 5. The summed E-state index contributed by atoms with van der Waals surface area (Å²) in [5, 5.41) is 12.5. The zero-order valence-electron chi connectivity index (χ0n) is 15.1. The van der Waals surface area contributed by atoms with Gasteiger partial charge in [-0.3, -0.25) is 4.68 Å². The standard InChI is InChI=1S/C20H19ClN6/c1-13-3-5-14(6-4-13)11-22-20-25-18(17-12-23-27(2)19(17)26-20)24-16-9-7-15(21)8-10-16/h3-10,12H,11H2,1-2H3,(H2,22,24,25,26). The SMILES string of the molecule is Cc1ccc(CNc2nc(Nc3ccc(Cl)cc3)c3cnn(C)c3n2)cc1. The van der Waals surface area contributed by atoms with E-state index in [1.165, 1.54) is 11.1 Å². The van der Waals surface area contributed by atoms with Gasteiger partial charge in [-0.15, -0.1) is 0 Å². The second-order valence-electron chi connectivity index (χ2n) is 6.37. The first-order valence-corrected chi connectivity index (χ1v) is 8.98. The van der Waals surface area contributed by atoms with Gasteiger partial charge in [0.25, 0.3) is 0 Å². The van der Waals surface area contributed by atoms with Crippen molar-refractivity contribution in [2.75, 3.05) is 10.6 Å². The Morgan fingerprint density at radius 1 is 1.00 bits per heavy atom. The van der Waals surface area contributed by atoms with Crippen LogP contribution in [-0.4, -0.2) is 19.7 Å². The average Bonchev–Trinajstić information content (AvgIpc) is 3.04. The summed E-state index contributed by atoms with van der Waals surface area (Å²) in [5.74, 6) is 1.24. The van der Waals surface area contributed by atoms with Gasteiger partial charge in [-0.05, 0) is 36.8 Å². The van der Waals surface area contributed by atoms with Crippen molar-refractivity contribution in [3.8, 4) is 0 Å². The van der Waals surface area contributed by atoms with Gasteiger partial charge in [0.2, 0.25) is 5.95 Å². The lowest BCUT2D eigenvalue weighted by molar-refractivity contribution is 0.785. The van der Waals surface area contributed by atoms with Gasteiger partial charge >= 0.3 is 0 Å². The lowest BCUT2D eigenvalue weighted by Gasteiger charge is -2.11. The van der Waals surface area contributed by atoms with Crippen LogP contribution in [0.1, 0.15) is 11.1 Å². The number of benzene rings is 2. The van der Waals surface area contributed by atoms with Gasteiger partial charge in [-0.2, -0.15) is 15.1 Å². The third kappa shape index (κ3) is 3.85. The molecule has 0 saturated heterocycles. The van der Waals surface area contributed by atoms with E-state index in [0.29, 0.717) is 23.3 Å². The van der Waals surface area contributed by atoms with E-state index in [2.05, 4.69) is 56.9 Å². The molecule has 0 radical (unpaired) electrons. The summed E-state index contributed by atoms with van der Waals surface area (Å²) in [7, 11) is 1.87. The van der Waals surface area contributed by atoms with E-state index < -0.39 is 0 Å². The molecule has 2 aromatic carbocycles. The van der Waals surface area contributed by atoms with Crippen LogP contribution in [0.4, 0.5) is 17.5 Å². The maximum atomic E-state index is 5.97. The molecule has 6 nitrogen and oxygen atoms in total. The molecule has 4 aromatic rings. The van der Waals surface area contributed by atoms with Crippen LogP contribution in [0.2, 0.25) is 5.02 Å². The lowest BCUT2D eigenvalue weighted by atomic mass is 10.1. The molecule has 136 valence electrons. The van der Waals surface area contributed by atoms with Crippen molar-refractivity contribution in [2.24, 2.45) is 7.05 Å². The summed E-state index contributed by atoms with van der Waals surface area (Å²) in [6.45, 7) is 2.72. The topological polar surface area (TPSA) is 67.7 Å². The minimum atomic E-state index is 0.545. The number of anilines is 3. The van der Waals surface area contributed by atoms with Crippen LogP contribution in [0.5, 0.6) is 0 Å². The highest BCUT2D eigenvalue weighted by Gasteiger charge is 2.12. The summed E-state index contributed by atoms with van der Waals surface area (Å²) >= 11 is 5.97. The highest BCUT2D eigenvalue weighted by Crippen LogP contribution is 2.25. The van der Waals surface area contributed by atoms with E-state index >= 15 is 0 Å². The molecule has 4 rings (SSSR count). The molecule has 2 heterocycles. The second-order valence-corrected chi connectivity index (χ2v) is 6.81. The maximum Gasteiger partial charge on any atom is 0.227 e. The fourth-order valence-corrected chi connectivity index (χ4v) is 2.88. The predicted octanol–water partition coefficient (Wildman–Crippen LogP) is 4.68. The molecule has 0 atom stereocenters. The zero-order valence-corrected chi connectivity index (χ0v) is 15.8. The van der Waals surface area contributed by atoms with Crippen molar-refractivity contribution in [1.29, 1.82) is 0 Å². The summed E-state index contributed by atoms with van der Waals surface area (Å²) in [6.07, 6.45) is 1.76. The quantitative estimate of drug-likeness (QED) is 0.527. The van der Waals surface area contributed by atoms with E-state index in [-0.39, 0.29) is 0 Å².